The van der Waals surface area contributed by atoms with Gasteiger partial charge in [0.2, 0.25) is 5.89 Å². The molecule has 0 aliphatic rings. The van der Waals surface area contributed by atoms with Crippen LogP contribution in [-0.2, 0) is 4.79 Å². The maximum atomic E-state index is 12.0. The number of para-hydroxylation sites is 1. The van der Waals surface area contributed by atoms with E-state index in [2.05, 4.69) is 4.98 Å². The molecular formula is C17H13NO4. The van der Waals surface area contributed by atoms with Crippen molar-refractivity contribution >= 4 is 16.9 Å². The van der Waals surface area contributed by atoms with Crippen molar-refractivity contribution in [3.05, 3.63) is 59.0 Å². The van der Waals surface area contributed by atoms with Gasteiger partial charge in [-0.2, -0.15) is 0 Å². The second kappa shape index (κ2) is 5.81. The van der Waals surface area contributed by atoms with Gasteiger partial charge in [-0.3, -0.25) is 4.79 Å². The molecule has 3 rings (SSSR count). The van der Waals surface area contributed by atoms with Crippen molar-refractivity contribution < 1.29 is 13.9 Å². The molecule has 0 saturated heterocycles. The van der Waals surface area contributed by atoms with Crippen LogP contribution in [0, 0.1) is 0 Å². The van der Waals surface area contributed by atoms with Gasteiger partial charge in [-0.1, -0.05) is 25.1 Å². The lowest BCUT2D eigenvalue weighted by Crippen LogP contribution is -2.06. The molecule has 5 heteroatoms. The molecule has 110 valence electrons. The lowest BCUT2D eigenvalue weighted by molar-refractivity contribution is -0.134. The highest BCUT2D eigenvalue weighted by Gasteiger charge is 2.10. The van der Waals surface area contributed by atoms with Crippen LogP contribution in [0.1, 0.15) is 13.3 Å². The van der Waals surface area contributed by atoms with E-state index in [1.54, 1.807) is 55.5 Å². The summed E-state index contributed by atoms with van der Waals surface area (Å²) in [6.07, 6.45) is 0.285. The Labute approximate surface area is 126 Å². The van der Waals surface area contributed by atoms with Crippen LogP contribution in [0.5, 0.6) is 5.75 Å². The molecule has 3 aromatic rings. The Morgan fingerprint density at radius 1 is 1.18 bits per heavy atom. The van der Waals surface area contributed by atoms with E-state index in [9.17, 15) is 9.59 Å². The van der Waals surface area contributed by atoms with Crippen molar-refractivity contribution in [1.82, 2.24) is 4.98 Å². The van der Waals surface area contributed by atoms with Crippen molar-refractivity contribution in [3.8, 4) is 17.2 Å². The molecule has 0 fully saturated rings. The minimum atomic E-state index is -0.448. The molecule has 5 nitrogen and oxygen atoms in total. The zero-order chi connectivity index (χ0) is 15.5. The lowest BCUT2D eigenvalue weighted by Gasteiger charge is -2.05. The number of benzene rings is 2. The lowest BCUT2D eigenvalue weighted by atomic mass is 10.2. The molecule has 1 heterocycles. The average molecular weight is 295 g/mol. The van der Waals surface area contributed by atoms with Gasteiger partial charge in [0.15, 0.2) is 0 Å². The van der Waals surface area contributed by atoms with Crippen molar-refractivity contribution in [2.45, 2.75) is 13.3 Å². The Bertz CT molecular complexity index is 898. The van der Waals surface area contributed by atoms with Gasteiger partial charge in [0, 0.05) is 12.0 Å². The Kier molecular flexibility index (Phi) is 3.70. The zero-order valence-electron chi connectivity index (χ0n) is 11.9. The molecule has 0 saturated carbocycles. The molecular weight excluding hydrogens is 282 g/mol. The van der Waals surface area contributed by atoms with Gasteiger partial charge in [-0.25, -0.2) is 9.78 Å². The van der Waals surface area contributed by atoms with Crippen molar-refractivity contribution in [1.29, 1.82) is 0 Å². The maximum Gasteiger partial charge on any atom is 0.347 e. The number of aromatic nitrogens is 1. The van der Waals surface area contributed by atoms with E-state index < -0.39 is 5.63 Å². The second-order valence-electron chi connectivity index (χ2n) is 4.68. The van der Waals surface area contributed by atoms with Gasteiger partial charge in [-0.05, 0) is 30.3 Å². The fraction of sp³-hybridized carbons (Fsp3) is 0.118. The van der Waals surface area contributed by atoms with Crippen molar-refractivity contribution in [2.75, 3.05) is 0 Å². The van der Waals surface area contributed by atoms with E-state index in [4.69, 9.17) is 9.15 Å². The van der Waals surface area contributed by atoms with Gasteiger partial charge in [0.25, 0.3) is 0 Å². The largest absolute Gasteiger partial charge is 0.427 e. The fourth-order valence-electron chi connectivity index (χ4n) is 2.04. The molecule has 0 bridgehead atoms. The van der Waals surface area contributed by atoms with Gasteiger partial charge >= 0.3 is 11.6 Å². The van der Waals surface area contributed by atoms with E-state index in [0.29, 0.717) is 22.2 Å². The molecule has 0 aliphatic carbocycles. The Hall–Kier alpha value is -2.95. The molecule has 0 amide bonds. The molecule has 0 unspecified atom stereocenters. The quantitative estimate of drug-likeness (QED) is 0.548. The summed E-state index contributed by atoms with van der Waals surface area (Å²) >= 11 is 0. The third kappa shape index (κ3) is 2.74. The summed E-state index contributed by atoms with van der Waals surface area (Å²) in [5, 5.41) is 0.430. The van der Waals surface area contributed by atoms with Gasteiger partial charge in [0.05, 0.1) is 10.9 Å². The Morgan fingerprint density at radius 2 is 2.00 bits per heavy atom. The summed E-state index contributed by atoms with van der Waals surface area (Å²) < 4.78 is 10.4. The summed E-state index contributed by atoms with van der Waals surface area (Å²) in [4.78, 5) is 27.7. The highest BCUT2D eigenvalue weighted by molar-refractivity contribution is 5.78. The summed E-state index contributed by atoms with van der Waals surface area (Å²) in [7, 11) is 0. The summed E-state index contributed by atoms with van der Waals surface area (Å²) in [5.74, 6) is 0.255. The Morgan fingerprint density at radius 3 is 2.82 bits per heavy atom. The predicted molar refractivity (Wildman–Crippen MR) is 81.6 cm³/mol. The molecule has 0 atom stereocenters. The highest BCUT2D eigenvalue weighted by atomic mass is 16.5. The first-order chi connectivity index (χ1) is 10.7. The predicted octanol–water partition coefficient (Wildman–Crippen LogP) is 3.17. The van der Waals surface area contributed by atoms with Crippen LogP contribution in [0.2, 0.25) is 0 Å². The van der Waals surface area contributed by atoms with Crippen LogP contribution in [-0.4, -0.2) is 11.0 Å². The van der Waals surface area contributed by atoms with Crippen molar-refractivity contribution in [3.63, 3.8) is 0 Å². The number of rotatable bonds is 3. The van der Waals surface area contributed by atoms with Crippen LogP contribution in [0.25, 0.3) is 22.4 Å². The number of ether oxygens (including phenoxy) is 1. The highest BCUT2D eigenvalue weighted by Crippen LogP contribution is 2.23. The molecule has 22 heavy (non-hydrogen) atoms. The third-order valence-corrected chi connectivity index (χ3v) is 3.14. The number of carbonyl (C=O) groups excluding carboxylic acids is 1. The number of fused-ring (bicyclic) bond motifs is 1. The monoisotopic (exact) mass is 295 g/mol. The van der Waals surface area contributed by atoms with E-state index in [1.807, 2.05) is 0 Å². The minimum Gasteiger partial charge on any atom is -0.427 e. The first-order valence-corrected chi connectivity index (χ1v) is 6.88. The Balaban J connectivity index is 2.06. The topological polar surface area (TPSA) is 69.4 Å². The zero-order valence-corrected chi connectivity index (χ0v) is 11.9. The molecule has 1 aromatic heterocycles. The van der Waals surface area contributed by atoms with E-state index in [0.717, 1.165) is 0 Å². The maximum absolute atomic E-state index is 12.0. The number of esters is 1. The molecule has 0 aliphatic heterocycles. The standard InChI is InChI=1S/C17H13NO4/c1-2-15(19)21-12-7-5-6-11(10-12)16-18-14-9-4-3-8-13(14)17(20)22-16/h3-10H,2H2,1H3. The number of nitrogens with zero attached hydrogens (tertiary/aromatic N) is 1. The first-order valence-electron chi connectivity index (χ1n) is 6.88. The van der Waals surface area contributed by atoms with Crippen LogP contribution in [0.15, 0.2) is 57.7 Å². The summed E-state index contributed by atoms with van der Waals surface area (Å²) in [6.45, 7) is 1.72. The molecule has 0 spiro atoms. The van der Waals surface area contributed by atoms with Gasteiger partial charge in [-0.15, -0.1) is 0 Å². The van der Waals surface area contributed by atoms with Crippen LogP contribution in [0.3, 0.4) is 0 Å². The SMILES string of the molecule is CCC(=O)Oc1cccc(-c2nc3ccccc3c(=O)o2)c1. The third-order valence-electron chi connectivity index (χ3n) is 3.14. The first kappa shape index (κ1) is 14.0. The van der Waals surface area contributed by atoms with E-state index >= 15 is 0 Å². The average Bonchev–Trinajstić information content (AvgIpc) is 2.55. The number of hydrogen-bond acceptors (Lipinski definition) is 5. The van der Waals surface area contributed by atoms with Crippen LogP contribution >= 0.6 is 0 Å². The molecule has 2 aromatic carbocycles. The van der Waals surface area contributed by atoms with Crippen LogP contribution in [0.4, 0.5) is 0 Å². The summed E-state index contributed by atoms with van der Waals surface area (Å²) in [6, 6.07) is 13.7. The van der Waals surface area contributed by atoms with E-state index in [-0.39, 0.29) is 18.3 Å². The number of hydrogen-bond donors (Lipinski definition) is 0. The van der Waals surface area contributed by atoms with E-state index in [1.165, 1.54) is 0 Å². The summed E-state index contributed by atoms with van der Waals surface area (Å²) in [5.41, 5.74) is 0.686. The molecule has 0 radical (unpaired) electrons. The van der Waals surface area contributed by atoms with Gasteiger partial charge < -0.3 is 9.15 Å². The van der Waals surface area contributed by atoms with Crippen LogP contribution < -0.4 is 10.4 Å². The number of carbonyl (C=O) groups is 1. The molecule has 0 N–H and O–H groups in total. The fourth-order valence-corrected chi connectivity index (χ4v) is 2.04. The van der Waals surface area contributed by atoms with Gasteiger partial charge in [0.1, 0.15) is 5.75 Å². The second-order valence-corrected chi connectivity index (χ2v) is 4.68. The van der Waals surface area contributed by atoms with Crippen molar-refractivity contribution in [2.24, 2.45) is 0 Å². The minimum absolute atomic E-state index is 0.193. The normalized spacial score (nSPS) is 10.6. The smallest absolute Gasteiger partial charge is 0.347 e.